The lowest BCUT2D eigenvalue weighted by atomic mass is 10.1. The van der Waals surface area contributed by atoms with Crippen LogP contribution in [0.1, 0.15) is 11.1 Å². The number of alkyl halides is 3. The van der Waals surface area contributed by atoms with E-state index >= 15 is 0 Å². The van der Waals surface area contributed by atoms with Gasteiger partial charge in [0.2, 0.25) is 5.91 Å². The van der Waals surface area contributed by atoms with Crippen molar-refractivity contribution in [1.82, 2.24) is 9.80 Å². The average Bonchev–Trinajstić information content (AvgIpc) is 2.73. The molecule has 3 rings (SSSR count). The Morgan fingerprint density at radius 1 is 1.10 bits per heavy atom. The Morgan fingerprint density at radius 3 is 2.32 bits per heavy atom. The number of nitrogens with zero attached hydrogens (tertiary/aromatic N) is 4. The lowest BCUT2D eigenvalue weighted by molar-refractivity contribution is -0.384. The van der Waals surface area contributed by atoms with Gasteiger partial charge in [-0.1, -0.05) is 30.3 Å². The van der Waals surface area contributed by atoms with Gasteiger partial charge in [-0.25, -0.2) is 0 Å². The third kappa shape index (κ3) is 5.72. The molecule has 166 valence electrons. The second-order valence-electron chi connectivity index (χ2n) is 7.48. The number of rotatable bonds is 6. The molecule has 0 aliphatic carbocycles. The van der Waals surface area contributed by atoms with E-state index in [1.165, 1.54) is 0 Å². The molecule has 1 heterocycles. The maximum absolute atomic E-state index is 12.9. The number of carbonyl (C=O) groups is 1. The first-order valence-corrected chi connectivity index (χ1v) is 9.76. The molecule has 1 aliphatic heterocycles. The van der Waals surface area contributed by atoms with Gasteiger partial charge < -0.3 is 9.80 Å². The second kappa shape index (κ2) is 9.34. The van der Waals surface area contributed by atoms with Gasteiger partial charge in [0, 0.05) is 38.8 Å². The maximum atomic E-state index is 12.9. The third-order valence-corrected chi connectivity index (χ3v) is 5.17. The molecule has 0 N–H and O–H groups in total. The van der Waals surface area contributed by atoms with Crippen molar-refractivity contribution in [3.63, 3.8) is 0 Å². The van der Waals surface area contributed by atoms with E-state index in [0.29, 0.717) is 38.8 Å². The van der Waals surface area contributed by atoms with Crippen LogP contribution < -0.4 is 4.90 Å². The van der Waals surface area contributed by atoms with E-state index in [4.69, 9.17) is 0 Å². The number of piperazine rings is 1. The summed E-state index contributed by atoms with van der Waals surface area (Å²) in [4.78, 5) is 28.4. The van der Waals surface area contributed by atoms with Gasteiger partial charge in [0.05, 0.1) is 17.0 Å². The standard InChI is InChI=1S/C21H23F3N4O3/c1-25(14-16-5-3-2-4-6-16)15-20(29)27-11-9-26(10-12-27)18-8-7-17(21(22,23)24)13-19(18)28(30)31/h2-8,13H,9-12,14-15H2,1H3. The molecule has 7 nitrogen and oxygen atoms in total. The third-order valence-electron chi connectivity index (χ3n) is 5.17. The van der Waals surface area contributed by atoms with Crippen LogP contribution in [0.4, 0.5) is 24.5 Å². The Bertz CT molecular complexity index is 929. The van der Waals surface area contributed by atoms with Crippen LogP contribution in [0, 0.1) is 10.1 Å². The van der Waals surface area contributed by atoms with Crippen LogP contribution in [-0.4, -0.2) is 60.4 Å². The first kappa shape index (κ1) is 22.5. The summed E-state index contributed by atoms with van der Waals surface area (Å²) >= 11 is 0. The number of nitro groups is 1. The summed E-state index contributed by atoms with van der Waals surface area (Å²) in [6.07, 6.45) is -4.65. The lowest BCUT2D eigenvalue weighted by Gasteiger charge is -2.36. The summed E-state index contributed by atoms with van der Waals surface area (Å²) in [5.41, 5.74) is -0.418. The number of anilines is 1. The van der Waals surface area contributed by atoms with Crippen molar-refractivity contribution in [2.75, 3.05) is 44.7 Å². The molecule has 2 aromatic carbocycles. The summed E-state index contributed by atoms with van der Waals surface area (Å²) in [5, 5.41) is 11.3. The fraction of sp³-hybridized carbons (Fsp3) is 0.381. The molecular weight excluding hydrogens is 413 g/mol. The Kier molecular flexibility index (Phi) is 6.79. The van der Waals surface area contributed by atoms with Crippen molar-refractivity contribution in [2.45, 2.75) is 12.7 Å². The molecule has 2 aromatic rings. The number of nitro benzene ring substituents is 1. The number of hydrogen-bond acceptors (Lipinski definition) is 5. The Morgan fingerprint density at radius 2 is 1.74 bits per heavy atom. The van der Waals surface area contributed by atoms with Crippen LogP contribution in [0.25, 0.3) is 0 Å². The second-order valence-corrected chi connectivity index (χ2v) is 7.48. The van der Waals surface area contributed by atoms with E-state index in [1.54, 1.807) is 9.80 Å². The minimum atomic E-state index is -4.65. The highest BCUT2D eigenvalue weighted by atomic mass is 19.4. The Hall–Kier alpha value is -3.14. The molecule has 0 spiro atoms. The first-order chi connectivity index (χ1) is 14.6. The van der Waals surface area contributed by atoms with Gasteiger partial charge in [-0.3, -0.25) is 19.8 Å². The molecule has 0 unspecified atom stereocenters. The molecule has 0 atom stereocenters. The number of halogens is 3. The van der Waals surface area contributed by atoms with Crippen molar-refractivity contribution in [2.24, 2.45) is 0 Å². The van der Waals surface area contributed by atoms with Gasteiger partial charge in [0.1, 0.15) is 5.69 Å². The van der Waals surface area contributed by atoms with Gasteiger partial charge >= 0.3 is 6.18 Å². The maximum Gasteiger partial charge on any atom is 0.416 e. The predicted octanol–water partition coefficient (Wildman–Crippen LogP) is 3.39. The zero-order chi connectivity index (χ0) is 22.6. The van der Waals surface area contributed by atoms with Gasteiger partial charge in [-0.05, 0) is 24.7 Å². The molecule has 1 fully saturated rings. The number of carbonyl (C=O) groups excluding carboxylic acids is 1. The SMILES string of the molecule is CN(CC(=O)N1CCN(c2ccc(C(F)(F)F)cc2[N+](=O)[O-])CC1)Cc1ccccc1. The fourth-order valence-electron chi connectivity index (χ4n) is 3.59. The van der Waals surface area contributed by atoms with Crippen molar-refractivity contribution < 1.29 is 22.9 Å². The van der Waals surface area contributed by atoms with Crippen molar-refractivity contribution in [1.29, 1.82) is 0 Å². The number of amides is 1. The molecule has 0 aromatic heterocycles. The van der Waals surface area contributed by atoms with Crippen LogP contribution in [-0.2, 0) is 17.5 Å². The molecule has 1 aliphatic rings. The molecule has 0 saturated carbocycles. The summed E-state index contributed by atoms with van der Waals surface area (Å²) in [7, 11) is 1.85. The summed E-state index contributed by atoms with van der Waals surface area (Å²) in [6, 6.07) is 12.3. The van der Waals surface area contributed by atoms with Crippen molar-refractivity contribution in [3.05, 3.63) is 69.8 Å². The van der Waals surface area contributed by atoms with E-state index in [9.17, 15) is 28.1 Å². The Labute approximate surface area is 177 Å². The van der Waals surface area contributed by atoms with E-state index in [0.717, 1.165) is 17.7 Å². The van der Waals surface area contributed by atoms with Gasteiger partial charge in [-0.15, -0.1) is 0 Å². The number of likely N-dealkylation sites (N-methyl/N-ethyl adjacent to an activating group) is 1. The minimum Gasteiger partial charge on any atom is -0.362 e. The van der Waals surface area contributed by atoms with Gasteiger partial charge in [0.15, 0.2) is 0 Å². The fourth-order valence-corrected chi connectivity index (χ4v) is 3.59. The molecule has 31 heavy (non-hydrogen) atoms. The highest BCUT2D eigenvalue weighted by molar-refractivity contribution is 5.78. The number of benzene rings is 2. The smallest absolute Gasteiger partial charge is 0.362 e. The normalized spacial score (nSPS) is 14.7. The highest BCUT2D eigenvalue weighted by Gasteiger charge is 2.34. The molecule has 0 radical (unpaired) electrons. The lowest BCUT2D eigenvalue weighted by Crippen LogP contribution is -2.51. The van der Waals surface area contributed by atoms with E-state index in [1.807, 2.05) is 42.3 Å². The van der Waals surface area contributed by atoms with Crippen molar-refractivity contribution in [3.8, 4) is 0 Å². The highest BCUT2D eigenvalue weighted by Crippen LogP contribution is 2.36. The number of hydrogen-bond donors (Lipinski definition) is 0. The van der Waals surface area contributed by atoms with E-state index < -0.39 is 22.4 Å². The van der Waals surface area contributed by atoms with Crippen LogP contribution in [0.15, 0.2) is 48.5 Å². The molecular formula is C21H23F3N4O3. The van der Waals surface area contributed by atoms with Gasteiger partial charge in [-0.2, -0.15) is 13.2 Å². The van der Waals surface area contributed by atoms with Crippen LogP contribution >= 0.6 is 0 Å². The summed E-state index contributed by atoms with van der Waals surface area (Å²) < 4.78 is 38.7. The van der Waals surface area contributed by atoms with Crippen LogP contribution in [0.2, 0.25) is 0 Å². The summed E-state index contributed by atoms with van der Waals surface area (Å²) in [6.45, 7) is 2.16. The molecule has 1 amide bonds. The Balaban J connectivity index is 1.60. The monoisotopic (exact) mass is 436 g/mol. The zero-order valence-corrected chi connectivity index (χ0v) is 17.0. The van der Waals surface area contributed by atoms with Crippen LogP contribution in [0.5, 0.6) is 0 Å². The minimum absolute atomic E-state index is 0.0556. The van der Waals surface area contributed by atoms with E-state index in [2.05, 4.69) is 0 Å². The molecule has 10 heteroatoms. The van der Waals surface area contributed by atoms with Gasteiger partial charge in [0.25, 0.3) is 5.69 Å². The largest absolute Gasteiger partial charge is 0.416 e. The van der Waals surface area contributed by atoms with Crippen LogP contribution in [0.3, 0.4) is 0 Å². The topological polar surface area (TPSA) is 69.9 Å². The molecule has 1 saturated heterocycles. The average molecular weight is 436 g/mol. The van der Waals surface area contributed by atoms with E-state index in [-0.39, 0.29) is 18.1 Å². The van der Waals surface area contributed by atoms with Crippen molar-refractivity contribution >= 4 is 17.3 Å². The molecule has 0 bridgehead atoms. The zero-order valence-electron chi connectivity index (χ0n) is 17.0. The summed E-state index contributed by atoms with van der Waals surface area (Å²) in [5.74, 6) is -0.0556. The first-order valence-electron chi connectivity index (χ1n) is 9.76. The quantitative estimate of drug-likeness (QED) is 0.513. The predicted molar refractivity (Wildman–Crippen MR) is 110 cm³/mol.